The topological polar surface area (TPSA) is 119 Å². The van der Waals surface area contributed by atoms with E-state index >= 15 is 0 Å². The van der Waals surface area contributed by atoms with Crippen LogP contribution in [0, 0.1) is 0 Å². The van der Waals surface area contributed by atoms with Crippen LogP contribution in [0.3, 0.4) is 0 Å². The van der Waals surface area contributed by atoms with Crippen molar-refractivity contribution in [2.45, 2.75) is 45.1 Å². The smallest absolute Gasteiger partial charge is 0.332 e. The summed E-state index contributed by atoms with van der Waals surface area (Å²) in [5, 5.41) is 2.78. The Morgan fingerprint density at radius 3 is 2.49 bits per heavy atom. The predicted octanol–water partition coefficient (Wildman–Crippen LogP) is 2.36. The minimum atomic E-state index is -0.676. The highest BCUT2D eigenvalue weighted by Gasteiger charge is 2.28. The third-order valence-corrected chi connectivity index (χ3v) is 6.23. The maximum atomic E-state index is 12.9. The molecule has 0 spiro atoms. The summed E-state index contributed by atoms with van der Waals surface area (Å²) in [6, 6.07) is 15.9. The van der Waals surface area contributed by atoms with E-state index in [0.29, 0.717) is 43.9 Å². The lowest BCUT2D eigenvalue weighted by Crippen LogP contribution is -2.50. The molecule has 2 atom stereocenters. The zero-order valence-corrected chi connectivity index (χ0v) is 21.0. The molecular formula is C27H32N4O6. The number of hydrogen-bond acceptors (Lipinski definition) is 8. The number of likely N-dealkylation sites (tertiary alicyclic amines) is 1. The van der Waals surface area contributed by atoms with Gasteiger partial charge >= 0.3 is 5.97 Å². The van der Waals surface area contributed by atoms with E-state index in [2.05, 4.69) is 15.8 Å². The first-order valence-electron chi connectivity index (χ1n) is 12.5. The van der Waals surface area contributed by atoms with Gasteiger partial charge in [-0.15, -0.1) is 0 Å². The normalized spacial score (nSPS) is 18.5. The quantitative estimate of drug-likeness (QED) is 0.499. The van der Waals surface area contributed by atoms with Crippen LogP contribution in [0.4, 0.5) is 0 Å². The molecular weight excluding hydrogens is 476 g/mol. The number of hydrogen-bond donors (Lipinski definition) is 2. The standard InChI is InChI=1S/C27H32N4O6/c1-3-35-23(32)17-36-22-13-15-31(16-14-22)27(34)18(2)28-25(33)20-11-9-19(10-12-20)24-29-26(37-30-24)21-7-5-4-6-8-21/h4-12,18,22,26H,3,13-17H2,1-2H3,(H,28,33)(H,29,30). The molecule has 2 unspecified atom stereocenters. The van der Waals surface area contributed by atoms with Crippen LogP contribution in [0.5, 0.6) is 0 Å². The van der Waals surface area contributed by atoms with Gasteiger partial charge < -0.3 is 19.7 Å². The van der Waals surface area contributed by atoms with Gasteiger partial charge in [-0.2, -0.15) is 0 Å². The SMILES string of the molecule is CCOC(=O)COC1CCN(C(=O)C(C)NC(=O)c2ccc(C3=NC(c4ccccc4)ON3)cc2)CC1. The molecule has 1 fully saturated rings. The maximum Gasteiger partial charge on any atom is 0.332 e. The Bertz CT molecular complexity index is 1110. The molecule has 2 aromatic rings. The number of carbonyl (C=O) groups excluding carboxylic acids is 3. The van der Waals surface area contributed by atoms with Gasteiger partial charge in [0.2, 0.25) is 12.1 Å². The zero-order chi connectivity index (χ0) is 26.2. The summed E-state index contributed by atoms with van der Waals surface area (Å²) < 4.78 is 10.4. The van der Waals surface area contributed by atoms with E-state index in [1.165, 1.54) is 0 Å². The molecule has 0 aliphatic carbocycles. The van der Waals surface area contributed by atoms with Gasteiger partial charge in [0.1, 0.15) is 12.6 Å². The van der Waals surface area contributed by atoms with Crippen LogP contribution in [-0.2, 0) is 23.9 Å². The minimum absolute atomic E-state index is 0.0816. The van der Waals surface area contributed by atoms with Gasteiger partial charge in [-0.3, -0.25) is 9.59 Å². The van der Waals surface area contributed by atoms with Gasteiger partial charge in [0.05, 0.1) is 12.7 Å². The van der Waals surface area contributed by atoms with Crippen molar-refractivity contribution < 1.29 is 28.7 Å². The first-order chi connectivity index (χ1) is 17.9. The number of benzene rings is 2. The monoisotopic (exact) mass is 508 g/mol. The van der Waals surface area contributed by atoms with Crippen LogP contribution in [0.1, 0.15) is 54.4 Å². The van der Waals surface area contributed by atoms with Crippen LogP contribution in [0.2, 0.25) is 0 Å². The van der Waals surface area contributed by atoms with Crippen LogP contribution in [-0.4, -0.2) is 67.0 Å². The summed E-state index contributed by atoms with van der Waals surface area (Å²) in [7, 11) is 0. The van der Waals surface area contributed by atoms with Crippen LogP contribution >= 0.6 is 0 Å². The summed E-state index contributed by atoms with van der Waals surface area (Å²) in [5.41, 5.74) is 5.00. The van der Waals surface area contributed by atoms with Crippen LogP contribution < -0.4 is 10.8 Å². The Kier molecular flexibility index (Phi) is 8.86. The zero-order valence-electron chi connectivity index (χ0n) is 21.0. The fourth-order valence-electron chi connectivity index (χ4n) is 4.20. The van der Waals surface area contributed by atoms with E-state index in [0.717, 1.165) is 11.1 Å². The Hall–Kier alpha value is -3.76. The summed E-state index contributed by atoms with van der Waals surface area (Å²) in [6.45, 7) is 4.67. The highest BCUT2D eigenvalue weighted by atomic mass is 16.7. The molecule has 10 heteroatoms. The summed E-state index contributed by atoms with van der Waals surface area (Å²) >= 11 is 0. The Morgan fingerprint density at radius 2 is 1.81 bits per heavy atom. The summed E-state index contributed by atoms with van der Waals surface area (Å²) in [4.78, 5) is 48.9. The van der Waals surface area contributed by atoms with Crippen molar-refractivity contribution in [3.63, 3.8) is 0 Å². The summed E-state index contributed by atoms with van der Waals surface area (Å²) in [5.74, 6) is -0.288. The fraction of sp³-hybridized carbons (Fsp3) is 0.407. The number of rotatable bonds is 9. The number of esters is 1. The van der Waals surface area contributed by atoms with Gasteiger partial charge in [-0.25, -0.2) is 20.1 Å². The molecule has 2 aliphatic rings. The van der Waals surface area contributed by atoms with Gasteiger partial charge in [0.15, 0.2) is 5.84 Å². The Morgan fingerprint density at radius 1 is 1.11 bits per heavy atom. The van der Waals surface area contributed by atoms with Crippen molar-refractivity contribution in [2.75, 3.05) is 26.3 Å². The lowest BCUT2D eigenvalue weighted by Gasteiger charge is -2.33. The highest BCUT2D eigenvalue weighted by molar-refractivity contribution is 6.01. The van der Waals surface area contributed by atoms with Crippen molar-refractivity contribution in [3.8, 4) is 0 Å². The van der Waals surface area contributed by atoms with Gasteiger partial charge in [-0.05, 0) is 38.8 Å². The van der Waals surface area contributed by atoms with Crippen molar-refractivity contribution in [1.29, 1.82) is 0 Å². The average molecular weight is 509 g/mol. The number of aliphatic imine (C=N–C) groups is 1. The lowest BCUT2D eigenvalue weighted by atomic mass is 10.1. The largest absolute Gasteiger partial charge is 0.464 e. The molecule has 2 N–H and O–H groups in total. The van der Waals surface area contributed by atoms with E-state index in [4.69, 9.17) is 14.3 Å². The molecule has 0 radical (unpaired) electrons. The fourth-order valence-corrected chi connectivity index (χ4v) is 4.20. The van der Waals surface area contributed by atoms with E-state index in [1.54, 1.807) is 43.0 Å². The van der Waals surface area contributed by atoms with Gasteiger partial charge in [0, 0.05) is 29.8 Å². The van der Waals surface area contributed by atoms with E-state index in [-0.39, 0.29) is 30.5 Å². The molecule has 4 rings (SSSR count). The Balaban J connectivity index is 1.25. The number of nitrogens with zero attached hydrogens (tertiary/aromatic N) is 2. The van der Waals surface area contributed by atoms with Crippen molar-refractivity contribution >= 4 is 23.6 Å². The predicted molar refractivity (Wildman–Crippen MR) is 135 cm³/mol. The molecule has 2 heterocycles. The molecule has 1 saturated heterocycles. The minimum Gasteiger partial charge on any atom is -0.464 e. The number of amides is 2. The van der Waals surface area contributed by atoms with Crippen molar-refractivity contribution in [2.24, 2.45) is 4.99 Å². The number of amidine groups is 1. The second-order valence-electron chi connectivity index (χ2n) is 8.87. The first-order valence-corrected chi connectivity index (χ1v) is 12.5. The number of ether oxygens (including phenoxy) is 2. The molecule has 10 nitrogen and oxygen atoms in total. The molecule has 196 valence electrons. The van der Waals surface area contributed by atoms with E-state index < -0.39 is 12.3 Å². The van der Waals surface area contributed by atoms with Crippen LogP contribution in [0.25, 0.3) is 0 Å². The molecule has 0 aromatic heterocycles. The third kappa shape index (κ3) is 6.93. The summed E-state index contributed by atoms with van der Waals surface area (Å²) in [6.07, 6.45) is 0.726. The van der Waals surface area contributed by atoms with E-state index in [1.807, 2.05) is 30.3 Å². The third-order valence-electron chi connectivity index (χ3n) is 6.23. The molecule has 0 bridgehead atoms. The highest BCUT2D eigenvalue weighted by Crippen LogP contribution is 2.23. The number of piperidine rings is 1. The molecule has 2 aromatic carbocycles. The molecule has 37 heavy (non-hydrogen) atoms. The number of nitrogens with one attached hydrogen (secondary N) is 2. The van der Waals surface area contributed by atoms with Crippen molar-refractivity contribution in [1.82, 2.24) is 15.7 Å². The molecule has 2 amide bonds. The first kappa shape index (κ1) is 26.3. The second-order valence-corrected chi connectivity index (χ2v) is 8.87. The number of carbonyl (C=O) groups is 3. The maximum absolute atomic E-state index is 12.9. The lowest BCUT2D eigenvalue weighted by molar-refractivity contribution is -0.152. The average Bonchev–Trinajstić information content (AvgIpc) is 3.43. The molecule has 2 aliphatic heterocycles. The van der Waals surface area contributed by atoms with Crippen molar-refractivity contribution in [3.05, 3.63) is 71.3 Å². The second kappa shape index (κ2) is 12.5. The molecule has 0 saturated carbocycles. The van der Waals surface area contributed by atoms with Gasteiger partial charge in [-0.1, -0.05) is 42.5 Å². The van der Waals surface area contributed by atoms with E-state index in [9.17, 15) is 14.4 Å². The van der Waals surface area contributed by atoms with Gasteiger partial charge in [0.25, 0.3) is 5.91 Å². The van der Waals surface area contributed by atoms with Crippen LogP contribution in [0.15, 0.2) is 59.6 Å². The number of hydroxylamine groups is 1. The Labute approximate surface area is 215 Å².